The van der Waals surface area contributed by atoms with Crippen LogP contribution in [0.4, 0.5) is 0 Å². The molecule has 2 fully saturated rings. The number of nitrogens with zero attached hydrogens (tertiary/aromatic N) is 4. The van der Waals surface area contributed by atoms with Gasteiger partial charge < -0.3 is 10.2 Å². The van der Waals surface area contributed by atoms with E-state index in [4.69, 9.17) is 0 Å². The van der Waals surface area contributed by atoms with Crippen molar-refractivity contribution in [3.05, 3.63) is 12.7 Å². The first kappa shape index (κ1) is 17.9. The van der Waals surface area contributed by atoms with Gasteiger partial charge >= 0.3 is 0 Å². The summed E-state index contributed by atoms with van der Waals surface area (Å²) < 4.78 is 1.91. The smallest absolute Gasteiger partial charge is 0.236 e. The average molecular weight is 321 g/mol. The van der Waals surface area contributed by atoms with Crippen LogP contribution in [0.15, 0.2) is 12.7 Å². The number of nitrogens with one attached hydrogen (secondary N) is 1. The van der Waals surface area contributed by atoms with Crippen LogP contribution < -0.4 is 5.32 Å². The van der Waals surface area contributed by atoms with E-state index in [2.05, 4.69) is 22.3 Å². The largest absolute Gasteiger partial charge is 0.339 e. The zero-order chi connectivity index (χ0) is 16.7. The Balaban J connectivity index is 0.000000924. The minimum Gasteiger partial charge on any atom is -0.339 e. The van der Waals surface area contributed by atoms with Crippen LogP contribution in [0.3, 0.4) is 0 Å². The minimum atomic E-state index is 0.264. The zero-order valence-corrected chi connectivity index (χ0v) is 14.7. The Morgan fingerprint density at radius 2 is 2.13 bits per heavy atom. The number of hydrogen-bond acceptors (Lipinski definition) is 4. The molecule has 0 spiro atoms. The summed E-state index contributed by atoms with van der Waals surface area (Å²) >= 11 is 0. The van der Waals surface area contributed by atoms with Crippen molar-refractivity contribution in [2.45, 2.75) is 71.5 Å². The van der Waals surface area contributed by atoms with Gasteiger partial charge in [0.2, 0.25) is 5.91 Å². The SMILES string of the molecule is CC.C[C@@H]1CCCN1C(=O)CNC1CCC(Cn2cncn2)C1. The Hall–Kier alpha value is -1.43. The molecule has 130 valence electrons. The zero-order valence-electron chi connectivity index (χ0n) is 14.7. The van der Waals surface area contributed by atoms with Gasteiger partial charge in [-0.25, -0.2) is 4.98 Å². The van der Waals surface area contributed by atoms with E-state index in [-0.39, 0.29) is 5.91 Å². The molecule has 1 aromatic rings. The topological polar surface area (TPSA) is 63.1 Å². The molecule has 1 N–H and O–H groups in total. The maximum Gasteiger partial charge on any atom is 0.236 e. The van der Waals surface area contributed by atoms with Crippen LogP contribution in [0.1, 0.15) is 52.9 Å². The summed E-state index contributed by atoms with van der Waals surface area (Å²) in [6.07, 6.45) is 9.14. The third kappa shape index (κ3) is 5.03. The van der Waals surface area contributed by atoms with Crippen LogP contribution in [0, 0.1) is 5.92 Å². The van der Waals surface area contributed by atoms with E-state index in [0.717, 1.165) is 38.8 Å². The van der Waals surface area contributed by atoms with E-state index in [9.17, 15) is 4.79 Å². The molecule has 3 atom stereocenters. The first-order chi connectivity index (χ1) is 11.2. The lowest BCUT2D eigenvalue weighted by Crippen LogP contribution is -2.42. The van der Waals surface area contributed by atoms with Crippen LogP contribution in [0.2, 0.25) is 0 Å². The van der Waals surface area contributed by atoms with Crippen molar-refractivity contribution in [1.29, 1.82) is 0 Å². The molecular weight excluding hydrogens is 290 g/mol. The highest BCUT2D eigenvalue weighted by Gasteiger charge is 2.28. The Labute approximate surface area is 139 Å². The second-order valence-electron chi connectivity index (χ2n) is 6.45. The molecule has 3 rings (SSSR count). The fourth-order valence-electron chi connectivity index (χ4n) is 3.65. The van der Waals surface area contributed by atoms with Gasteiger partial charge in [0, 0.05) is 25.2 Å². The van der Waals surface area contributed by atoms with Gasteiger partial charge in [0.1, 0.15) is 12.7 Å². The summed E-state index contributed by atoms with van der Waals surface area (Å²) in [6, 6.07) is 0.892. The first-order valence-electron chi connectivity index (χ1n) is 9.07. The highest BCUT2D eigenvalue weighted by Crippen LogP contribution is 2.26. The van der Waals surface area contributed by atoms with Crippen molar-refractivity contribution >= 4 is 5.91 Å². The number of likely N-dealkylation sites (tertiary alicyclic amines) is 1. The molecule has 1 aliphatic heterocycles. The van der Waals surface area contributed by atoms with E-state index in [1.54, 1.807) is 12.7 Å². The molecule has 1 saturated carbocycles. The number of hydrogen-bond donors (Lipinski definition) is 1. The second-order valence-corrected chi connectivity index (χ2v) is 6.45. The van der Waals surface area contributed by atoms with Gasteiger partial charge in [-0.15, -0.1) is 0 Å². The summed E-state index contributed by atoms with van der Waals surface area (Å²) in [5.74, 6) is 0.907. The van der Waals surface area contributed by atoms with Crippen LogP contribution >= 0.6 is 0 Å². The van der Waals surface area contributed by atoms with E-state index in [1.165, 1.54) is 6.42 Å². The van der Waals surface area contributed by atoms with E-state index < -0.39 is 0 Å². The van der Waals surface area contributed by atoms with Gasteiger partial charge in [-0.1, -0.05) is 13.8 Å². The van der Waals surface area contributed by atoms with Crippen molar-refractivity contribution < 1.29 is 4.79 Å². The number of carbonyl (C=O) groups is 1. The van der Waals surface area contributed by atoms with Gasteiger partial charge in [-0.2, -0.15) is 5.10 Å². The highest BCUT2D eigenvalue weighted by molar-refractivity contribution is 5.78. The quantitative estimate of drug-likeness (QED) is 0.902. The molecule has 2 heterocycles. The Morgan fingerprint density at radius 3 is 2.78 bits per heavy atom. The minimum absolute atomic E-state index is 0.264. The number of rotatable bonds is 5. The fraction of sp³-hybridized carbons (Fsp3) is 0.824. The van der Waals surface area contributed by atoms with Crippen molar-refractivity contribution in [2.75, 3.05) is 13.1 Å². The summed E-state index contributed by atoms with van der Waals surface area (Å²) in [4.78, 5) is 18.2. The van der Waals surface area contributed by atoms with Crippen LogP contribution in [0.25, 0.3) is 0 Å². The predicted octanol–water partition coefficient (Wildman–Crippen LogP) is 2.07. The molecule has 0 aromatic carbocycles. The van der Waals surface area contributed by atoms with Crippen molar-refractivity contribution in [1.82, 2.24) is 25.0 Å². The first-order valence-corrected chi connectivity index (χ1v) is 9.07. The summed E-state index contributed by atoms with van der Waals surface area (Å²) in [5, 5.41) is 7.62. The Bertz CT molecular complexity index is 462. The molecule has 1 amide bonds. The number of carbonyl (C=O) groups excluding carboxylic acids is 1. The number of amides is 1. The molecule has 2 aliphatic rings. The molecule has 2 unspecified atom stereocenters. The molecule has 0 radical (unpaired) electrons. The second kappa shape index (κ2) is 9.01. The highest BCUT2D eigenvalue weighted by atomic mass is 16.2. The molecular formula is C17H31N5O. The third-order valence-electron chi connectivity index (χ3n) is 4.87. The Morgan fingerprint density at radius 1 is 1.30 bits per heavy atom. The molecule has 6 heteroatoms. The van der Waals surface area contributed by atoms with Gasteiger partial charge in [-0.05, 0) is 44.9 Å². The fourth-order valence-corrected chi connectivity index (χ4v) is 3.65. The van der Waals surface area contributed by atoms with Gasteiger partial charge in [0.15, 0.2) is 0 Å². The van der Waals surface area contributed by atoms with Gasteiger partial charge in [0.25, 0.3) is 0 Å². The van der Waals surface area contributed by atoms with Crippen LogP contribution in [-0.4, -0.2) is 50.7 Å². The lowest BCUT2D eigenvalue weighted by molar-refractivity contribution is -0.130. The summed E-state index contributed by atoms with van der Waals surface area (Å²) in [5.41, 5.74) is 0. The maximum absolute atomic E-state index is 12.2. The lowest BCUT2D eigenvalue weighted by Gasteiger charge is -2.22. The molecule has 0 bridgehead atoms. The van der Waals surface area contributed by atoms with Crippen LogP contribution in [0.5, 0.6) is 0 Å². The van der Waals surface area contributed by atoms with Gasteiger partial charge in [0.05, 0.1) is 6.54 Å². The van der Waals surface area contributed by atoms with Crippen molar-refractivity contribution in [3.8, 4) is 0 Å². The van der Waals surface area contributed by atoms with Gasteiger partial charge in [-0.3, -0.25) is 9.48 Å². The summed E-state index contributed by atoms with van der Waals surface area (Å²) in [6.45, 7) is 8.51. The lowest BCUT2D eigenvalue weighted by atomic mass is 10.1. The molecule has 6 nitrogen and oxygen atoms in total. The predicted molar refractivity (Wildman–Crippen MR) is 90.9 cm³/mol. The molecule has 1 aliphatic carbocycles. The van der Waals surface area contributed by atoms with E-state index in [1.807, 2.05) is 23.4 Å². The van der Waals surface area contributed by atoms with E-state index in [0.29, 0.717) is 24.5 Å². The monoisotopic (exact) mass is 321 g/mol. The molecule has 1 aromatic heterocycles. The van der Waals surface area contributed by atoms with Crippen molar-refractivity contribution in [2.24, 2.45) is 5.92 Å². The third-order valence-corrected chi connectivity index (χ3v) is 4.87. The summed E-state index contributed by atoms with van der Waals surface area (Å²) in [7, 11) is 0. The maximum atomic E-state index is 12.2. The average Bonchev–Trinajstić information content (AvgIpc) is 3.30. The van der Waals surface area contributed by atoms with Crippen molar-refractivity contribution in [3.63, 3.8) is 0 Å². The normalized spacial score (nSPS) is 26.9. The molecule has 23 heavy (non-hydrogen) atoms. The standard InChI is InChI=1S/C15H25N5O.C2H6/c1-12-3-2-6-20(12)15(21)8-17-14-5-4-13(7-14)9-19-11-16-10-18-19;1-2/h10-14,17H,2-9H2,1H3;1-2H3/t12-,13?,14?;/m1./s1. The van der Waals surface area contributed by atoms with Crippen LogP contribution in [-0.2, 0) is 11.3 Å². The Kier molecular flexibility index (Phi) is 7.02. The van der Waals surface area contributed by atoms with E-state index >= 15 is 0 Å². The number of aromatic nitrogens is 3. The molecule has 1 saturated heterocycles.